The van der Waals surface area contributed by atoms with Crippen LogP contribution in [-0.2, 0) is 4.79 Å². The Morgan fingerprint density at radius 3 is 2.61 bits per heavy atom. The number of aliphatic carboxylic acids is 1. The second kappa shape index (κ2) is 8.34. The summed E-state index contributed by atoms with van der Waals surface area (Å²) in [5, 5.41) is 14.0. The van der Waals surface area contributed by atoms with Gasteiger partial charge in [0, 0.05) is 10.7 Å². The van der Waals surface area contributed by atoms with Crippen LogP contribution in [0.3, 0.4) is 0 Å². The van der Waals surface area contributed by atoms with E-state index in [1.807, 2.05) is 0 Å². The van der Waals surface area contributed by atoms with E-state index < -0.39 is 12.1 Å². The Bertz CT molecular complexity index is 1070. The Kier molecular flexibility index (Phi) is 6.07. The van der Waals surface area contributed by atoms with Crippen molar-refractivity contribution in [2.24, 2.45) is 0 Å². The molecular weight excluding hydrogens is 471 g/mol. The number of carbonyl (C=O) groups is 2. The molecule has 1 heterocycles. The molecule has 0 radical (unpaired) electrons. The summed E-state index contributed by atoms with van der Waals surface area (Å²) in [7, 11) is 0. The molecule has 0 amide bonds. The highest BCUT2D eigenvalue weighted by Gasteiger charge is 2.21. The molecule has 28 heavy (non-hydrogen) atoms. The van der Waals surface area contributed by atoms with Crippen molar-refractivity contribution in [3.63, 3.8) is 0 Å². The van der Waals surface area contributed by atoms with Crippen LogP contribution in [0.25, 0.3) is 5.69 Å². The molecule has 3 rings (SSSR count). The zero-order valence-electron chi connectivity index (χ0n) is 14.4. The number of carboxylic acid groups (broad SMARTS) is 1. The van der Waals surface area contributed by atoms with Gasteiger partial charge in [-0.05, 0) is 43.3 Å². The van der Waals surface area contributed by atoms with Gasteiger partial charge in [-0.1, -0.05) is 39.1 Å². The van der Waals surface area contributed by atoms with Crippen LogP contribution in [0.2, 0.25) is 10.0 Å². The van der Waals surface area contributed by atoms with Gasteiger partial charge in [0.2, 0.25) is 0 Å². The number of hydrogen-bond donors (Lipinski definition) is 1. The van der Waals surface area contributed by atoms with Crippen LogP contribution in [0, 0.1) is 0 Å². The summed E-state index contributed by atoms with van der Waals surface area (Å²) >= 11 is 15.3. The standard InChI is InChI=1S/C19H13BrCl2N2O4/c1-10(19(26)27)28-17-5-2-12(20)6-14(17)18(25)11-8-23-24(9-11)13-3-4-15(21)16(22)7-13/h2-10H,1H3,(H,26,27). The van der Waals surface area contributed by atoms with Gasteiger partial charge in [-0.2, -0.15) is 5.10 Å². The van der Waals surface area contributed by atoms with E-state index in [1.165, 1.54) is 17.8 Å². The number of carbonyl (C=O) groups excluding carboxylic acids is 1. The molecular formula is C19H13BrCl2N2O4. The predicted octanol–water partition coefficient (Wildman–Crippen LogP) is 5.02. The minimum absolute atomic E-state index is 0.172. The average molecular weight is 484 g/mol. The first-order valence-corrected chi connectivity index (χ1v) is 9.55. The summed E-state index contributed by atoms with van der Waals surface area (Å²) in [5.41, 5.74) is 1.16. The second-order valence-corrected chi connectivity index (χ2v) is 7.57. The molecule has 2 aromatic carbocycles. The fraction of sp³-hybridized carbons (Fsp3) is 0.105. The number of hydrogen-bond acceptors (Lipinski definition) is 4. The van der Waals surface area contributed by atoms with Gasteiger partial charge in [-0.3, -0.25) is 4.79 Å². The number of halogens is 3. The number of ketones is 1. The van der Waals surface area contributed by atoms with Crippen LogP contribution in [-0.4, -0.2) is 32.7 Å². The molecule has 0 spiro atoms. The topological polar surface area (TPSA) is 81.4 Å². The van der Waals surface area contributed by atoms with Gasteiger partial charge in [0.05, 0.1) is 33.1 Å². The first kappa shape index (κ1) is 20.4. The van der Waals surface area contributed by atoms with Crippen LogP contribution >= 0.6 is 39.1 Å². The van der Waals surface area contributed by atoms with E-state index in [9.17, 15) is 9.59 Å². The molecule has 0 saturated heterocycles. The van der Waals surface area contributed by atoms with Gasteiger partial charge >= 0.3 is 5.97 Å². The lowest BCUT2D eigenvalue weighted by Crippen LogP contribution is -2.23. The Labute approximate surface area is 178 Å². The van der Waals surface area contributed by atoms with Crippen LogP contribution in [0.15, 0.2) is 53.3 Å². The van der Waals surface area contributed by atoms with E-state index in [0.29, 0.717) is 25.8 Å². The van der Waals surface area contributed by atoms with E-state index in [0.717, 1.165) is 0 Å². The molecule has 0 aliphatic rings. The fourth-order valence-electron chi connectivity index (χ4n) is 2.39. The minimum atomic E-state index is -1.13. The number of rotatable bonds is 6. The van der Waals surface area contributed by atoms with Crippen molar-refractivity contribution in [3.05, 3.63) is 74.4 Å². The zero-order chi connectivity index (χ0) is 20.4. The molecule has 1 atom stereocenters. The van der Waals surface area contributed by atoms with Gasteiger partial charge in [0.15, 0.2) is 11.9 Å². The van der Waals surface area contributed by atoms with Crippen molar-refractivity contribution in [2.45, 2.75) is 13.0 Å². The lowest BCUT2D eigenvalue weighted by Gasteiger charge is -2.14. The van der Waals surface area contributed by atoms with Crippen molar-refractivity contribution in [1.29, 1.82) is 0 Å². The number of carboxylic acids is 1. The van der Waals surface area contributed by atoms with E-state index in [2.05, 4.69) is 21.0 Å². The molecule has 0 bridgehead atoms. The maximum Gasteiger partial charge on any atom is 0.344 e. The van der Waals surface area contributed by atoms with Crippen LogP contribution in [0.1, 0.15) is 22.8 Å². The Morgan fingerprint density at radius 1 is 1.18 bits per heavy atom. The maximum atomic E-state index is 13.0. The number of benzene rings is 2. The zero-order valence-corrected chi connectivity index (χ0v) is 17.5. The van der Waals surface area contributed by atoms with Crippen molar-refractivity contribution in [2.75, 3.05) is 0 Å². The first-order valence-electron chi connectivity index (χ1n) is 8.00. The van der Waals surface area contributed by atoms with Gasteiger partial charge in [0.25, 0.3) is 0 Å². The Hall–Kier alpha value is -2.35. The molecule has 0 aliphatic carbocycles. The predicted molar refractivity (Wildman–Crippen MR) is 109 cm³/mol. The number of nitrogens with zero attached hydrogens (tertiary/aromatic N) is 2. The monoisotopic (exact) mass is 482 g/mol. The molecule has 1 aromatic heterocycles. The highest BCUT2D eigenvalue weighted by atomic mass is 79.9. The second-order valence-electron chi connectivity index (χ2n) is 5.84. The summed E-state index contributed by atoms with van der Waals surface area (Å²) in [6, 6.07) is 9.77. The fourth-order valence-corrected chi connectivity index (χ4v) is 3.04. The molecule has 1 N–H and O–H groups in total. The summed E-state index contributed by atoms with van der Waals surface area (Å²) in [5.74, 6) is -1.32. The summed E-state index contributed by atoms with van der Waals surface area (Å²) < 4.78 is 7.57. The highest BCUT2D eigenvalue weighted by molar-refractivity contribution is 9.10. The van der Waals surface area contributed by atoms with E-state index in [4.69, 9.17) is 33.0 Å². The summed E-state index contributed by atoms with van der Waals surface area (Å²) in [6.07, 6.45) is 1.86. The Morgan fingerprint density at radius 2 is 1.93 bits per heavy atom. The van der Waals surface area contributed by atoms with E-state index in [1.54, 1.807) is 42.6 Å². The SMILES string of the molecule is CC(Oc1ccc(Br)cc1C(=O)c1cnn(-c2ccc(Cl)c(Cl)c2)c1)C(=O)O. The minimum Gasteiger partial charge on any atom is -0.479 e. The molecule has 9 heteroatoms. The van der Waals surface area contributed by atoms with Crippen LogP contribution in [0.5, 0.6) is 5.75 Å². The normalized spacial score (nSPS) is 11.9. The molecule has 0 fully saturated rings. The van der Waals surface area contributed by atoms with Gasteiger partial charge in [-0.25, -0.2) is 9.48 Å². The molecule has 144 valence electrons. The van der Waals surface area contributed by atoms with Gasteiger partial charge in [-0.15, -0.1) is 0 Å². The lowest BCUT2D eigenvalue weighted by atomic mass is 10.1. The lowest BCUT2D eigenvalue weighted by molar-refractivity contribution is -0.144. The van der Waals surface area contributed by atoms with Crippen molar-refractivity contribution < 1.29 is 19.4 Å². The Balaban J connectivity index is 1.94. The average Bonchev–Trinajstić information content (AvgIpc) is 3.14. The summed E-state index contributed by atoms with van der Waals surface area (Å²) in [6.45, 7) is 1.39. The van der Waals surface area contributed by atoms with E-state index in [-0.39, 0.29) is 17.1 Å². The third kappa shape index (κ3) is 4.38. The molecule has 3 aromatic rings. The maximum absolute atomic E-state index is 13.0. The number of ether oxygens (including phenoxy) is 1. The molecule has 0 aliphatic heterocycles. The van der Waals surface area contributed by atoms with Crippen molar-refractivity contribution >= 4 is 50.9 Å². The van der Waals surface area contributed by atoms with Crippen LogP contribution in [0.4, 0.5) is 0 Å². The molecule has 1 unspecified atom stereocenters. The molecule has 0 saturated carbocycles. The summed E-state index contributed by atoms with van der Waals surface area (Å²) in [4.78, 5) is 24.1. The first-order chi connectivity index (χ1) is 13.3. The van der Waals surface area contributed by atoms with Crippen molar-refractivity contribution in [1.82, 2.24) is 9.78 Å². The molecule has 6 nitrogen and oxygen atoms in total. The number of aromatic nitrogens is 2. The smallest absolute Gasteiger partial charge is 0.344 e. The largest absolute Gasteiger partial charge is 0.479 e. The third-order valence-electron chi connectivity index (χ3n) is 3.85. The third-order valence-corrected chi connectivity index (χ3v) is 5.08. The van der Waals surface area contributed by atoms with E-state index >= 15 is 0 Å². The van der Waals surface area contributed by atoms with Crippen LogP contribution < -0.4 is 4.74 Å². The van der Waals surface area contributed by atoms with Crippen molar-refractivity contribution in [3.8, 4) is 11.4 Å². The highest BCUT2D eigenvalue weighted by Crippen LogP contribution is 2.28. The quantitative estimate of drug-likeness (QED) is 0.497. The van der Waals surface area contributed by atoms with Gasteiger partial charge in [0.1, 0.15) is 5.75 Å². The van der Waals surface area contributed by atoms with Gasteiger partial charge < -0.3 is 9.84 Å².